The molecule has 0 aromatic carbocycles. The van der Waals surface area contributed by atoms with Crippen LogP contribution in [0, 0.1) is 5.41 Å². The van der Waals surface area contributed by atoms with Gasteiger partial charge in [0.15, 0.2) is 0 Å². The number of hydrogen-bond acceptors (Lipinski definition) is 4. The predicted octanol–water partition coefficient (Wildman–Crippen LogP) is 1.86. The van der Waals surface area contributed by atoms with Crippen LogP contribution in [0.15, 0.2) is 6.07 Å². The molecule has 114 valence electrons. The van der Waals surface area contributed by atoms with Crippen molar-refractivity contribution in [2.24, 2.45) is 5.73 Å². The Balaban J connectivity index is 1.96. The molecule has 0 radical (unpaired) electrons. The highest BCUT2D eigenvalue weighted by Gasteiger charge is 2.24. The van der Waals surface area contributed by atoms with Gasteiger partial charge in [-0.3, -0.25) is 5.41 Å². The number of hydrogen-bond donors (Lipinski definition) is 2. The highest BCUT2D eigenvalue weighted by Crippen LogP contribution is 2.28. The normalized spacial score (nSPS) is 19.1. The predicted molar refractivity (Wildman–Crippen MR) is 84.1 cm³/mol. The third kappa shape index (κ3) is 2.88. The maximum Gasteiger partial charge on any atom is 0.139 e. The number of aryl methyl sites for hydroxylation is 2. The van der Waals surface area contributed by atoms with E-state index in [2.05, 4.69) is 18.0 Å². The zero-order valence-electron chi connectivity index (χ0n) is 12.7. The molecule has 3 N–H and O–H groups in total. The van der Waals surface area contributed by atoms with Gasteiger partial charge >= 0.3 is 0 Å². The Morgan fingerprint density at radius 1 is 1.33 bits per heavy atom. The first-order valence-electron chi connectivity index (χ1n) is 7.84. The van der Waals surface area contributed by atoms with Gasteiger partial charge in [-0.2, -0.15) is 0 Å². The van der Waals surface area contributed by atoms with Crippen molar-refractivity contribution in [3.63, 3.8) is 0 Å². The number of amidine groups is 1. The van der Waals surface area contributed by atoms with Gasteiger partial charge in [-0.05, 0) is 50.2 Å². The minimum Gasteiger partial charge on any atom is -0.384 e. The third-order valence-electron chi connectivity index (χ3n) is 4.64. The lowest BCUT2D eigenvalue weighted by molar-refractivity contribution is 0.0853. The molecule has 1 aliphatic carbocycles. The molecule has 1 aliphatic heterocycles. The fourth-order valence-electron chi connectivity index (χ4n) is 3.34. The van der Waals surface area contributed by atoms with E-state index in [4.69, 9.17) is 20.9 Å². The number of pyridine rings is 1. The lowest BCUT2D eigenvalue weighted by Gasteiger charge is -2.34. The summed E-state index contributed by atoms with van der Waals surface area (Å²) in [5.41, 5.74) is 9.06. The van der Waals surface area contributed by atoms with Gasteiger partial charge in [0.1, 0.15) is 11.7 Å². The summed E-state index contributed by atoms with van der Waals surface area (Å²) >= 11 is 0. The minimum absolute atomic E-state index is 0.116. The van der Waals surface area contributed by atoms with E-state index in [1.807, 2.05) is 0 Å². The van der Waals surface area contributed by atoms with E-state index in [1.54, 1.807) is 0 Å². The fourth-order valence-corrected chi connectivity index (χ4v) is 3.34. The molecule has 0 bridgehead atoms. The van der Waals surface area contributed by atoms with Crippen LogP contribution in [0.25, 0.3) is 0 Å². The standard InChI is InChI=1S/C16H24N4O/c1-20(12-6-8-21-9-7-12)16-13(15(17)18)10-11-4-2-3-5-14(11)19-16/h10,12H,2-9H2,1H3,(H3,17,18). The Kier molecular flexibility index (Phi) is 4.10. The lowest BCUT2D eigenvalue weighted by Crippen LogP contribution is -2.38. The number of anilines is 1. The van der Waals surface area contributed by atoms with Gasteiger partial charge in [0.25, 0.3) is 0 Å². The highest BCUT2D eigenvalue weighted by atomic mass is 16.5. The molecule has 1 saturated heterocycles. The Bertz CT molecular complexity index is 537. The summed E-state index contributed by atoms with van der Waals surface area (Å²) in [6, 6.07) is 2.51. The van der Waals surface area contributed by atoms with Crippen molar-refractivity contribution in [3.8, 4) is 0 Å². The first-order chi connectivity index (χ1) is 10.2. The van der Waals surface area contributed by atoms with Crippen molar-refractivity contribution >= 4 is 11.7 Å². The van der Waals surface area contributed by atoms with Gasteiger partial charge in [-0.25, -0.2) is 4.98 Å². The van der Waals surface area contributed by atoms with Gasteiger partial charge in [0.2, 0.25) is 0 Å². The van der Waals surface area contributed by atoms with E-state index in [0.717, 1.165) is 50.3 Å². The number of nitrogens with two attached hydrogens (primary N) is 1. The van der Waals surface area contributed by atoms with Crippen LogP contribution in [0.4, 0.5) is 5.82 Å². The van der Waals surface area contributed by atoms with Gasteiger partial charge in [-0.1, -0.05) is 0 Å². The van der Waals surface area contributed by atoms with E-state index in [0.29, 0.717) is 6.04 Å². The van der Waals surface area contributed by atoms with E-state index in [-0.39, 0.29) is 5.84 Å². The van der Waals surface area contributed by atoms with Gasteiger partial charge in [0, 0.05) is 32.0 Å². The summed E-state index contributed by atoms with van der Waals surface area (Å²) in [5, 5.41) is 7.89. The minimum atomic E-state index is 0.116. The number of nitrogen functional groups attached to an aromatic ring is 1. The van der Waals surface area contributed by atoms with E-state index in [9.17, 15) is 0 Å². The first-order valence-corrected chi connectivity index (χ1v) is 7.84. The average molecular weight is 288 g/mol. The topological polar surface area (TPSA) is 75.2 Å². The molecule has 3 rings (SSSR count). The van der Waals surface area contributed by atoms with Crippen molar-refractivity contribution < 1.29 is 4.74 Å². The second-order valence-corrected chi connectivity index (χ2v) is 6.04. The Hall–Kier alpha value is -1.62. The molecule has 1 aromatic heterocycles. The molecule has 1 fully saturated rings. The molecule has 0 atom stereocenters. The molecule has 0 saturated carbocycles. The van der Waals surface area contributed by atoms with Crippen LogP contribution >= 0.6 is 0 Å². The molecule has 5 nitrogen and oxygen atoms in total. The molecule has 5 heteroatoms. The number of rotatable bonds is 3. The first kappa shape index (κ1) is 14.3. The van der Waals surface area contributed by atoms with Crippen LogP contribution in [0.3, 0.4) is 0 Å². The molecule has 0 spiro atoms. The molecular formula is C16H24N4O. The van der Waals surface area contributed by atoms with E-state index < -0.39 is 0 Å². The van der Waals surface area contributed by atoms with Crippen LogP contribution in [0.5, 0.6) is 0 Å². The Labute approximate surface area is 126 Å². The van der Waals surface area contributed by atoms with Crippen molar-refractivity contribution in [2.75, 3.05) is 25.2 Å². The summed E-state index contributed by atoms with van der Waals surface area (Å²) in [6.07, 6.45) is 6.53. The van der Waals surface area contributed by atoms with Gasteiger partial charge in [-0.15, -0.1) is 0 Å². The molecule has 0 amide bonds. The third-order valence-corrected chi connectivity index (χ3v) is 4.64. The zero-order chi connectivity index (χ0) is 14.8. The van der Waals surface area contributed by atoms with Gasteiger partial charge in [0.05, 0.1) is 5.56 Å². The highest BCUT2D eigenvalue weighted by molar-refractivity contribution is 5.99. The SMILES string of the molecule is CN(c1nc2c(cc1C(=N)N)CCCC2)C1CCOCC1. The van der Waals surface area contributed by atoms with Crippen LogP contribution in [-0.2, 0) is 17.6 Å². The summed E-state index contributed by atoms with van der Waals surface area (Å²) in [7, 11) is 2.07. The van der Waals surface area contributed by atoms with Crippen LogP contribution in [-0.4, -0.2) is 37.1 Å². The number of fused-ring (bicyclic) bond motifs is 1. The fraction of sp³-hybridized carbons (Fsp3) is 0.625. The lowest BCUT2D eigenvalue weighted by atomic mass is 9.94. The maximum atomic E-state index is 7.89. The second-order valence-electron chi connectivity index (χ2n) is 6.04. The zero-order valence-corrected chi connectivity index (χ0v) is 12.7. The number of aromatic nitrogens is 1. The van der Waals surface area contributed by atoms with E-state index >= 15 is 0 Å². The Morgan fingerprint density at radius 3 is 2.76 bits per heavy atom. The summed E-state index contributed by atoms with van der Waals surface area (Å²) in [4.78, 5) is 7.08. The summed E-state index contributed by atoms with van der Waals surface area (Å²) in [5.74, 6) is 0.986. The van der Waals surface area contributed by atoms with Crippen molar-refractivity contribution in [2.45, 2.75) is 44.6 Å². The monoisotopic (exact) mass is 288 g/mol. The van der Waals surface area contributed by atoms with Gasteiger partial charge < -0.3 is 15.4 Å². The Morgan fingerprint density at radius 2 is 2.05 bits per heavy atom. The number of nitrogens with one attached hydrogen (secondary N) is 1. The smallest absolute Gasteiger partial charge is 0.139 e. The van der Waals surface area contributed by atoms with Crippen LogP contribution in [0.2, 0.25) is 0 Å². The molecule has 1 aromatic rings. The summed E-state index contributed by atoms with van der Waals surface area (Å²) < 4.78 is 5.44. The second kappa shape index (κ2) is 6.02. The summed E-state index contributed by atoms with van der Waals surface area (Å²) in [6.45, 7) is 1.60. The van der Waals surface area contributed by atoms with E-state index in [1.165, 1.54) is 24.1 Å². The average Bonchev–Trinajstić information content (AvgIpc) is 2.53. The molecular weight excluding hydrogens is 264 g/mol. The largest absolute Gasteiger partial charge is 0.384 e. The number of ether oxygens (including phenoxy) is 1. The molecule has 2 aliphatic rings. The quantitative estimate of drug-likeness (QED) is 0.657. The van der Waals surface area contributed by atoms with Crippen molar-refractivity contribution in [1.29, 1.82) is 5.41 Å². The van der Waals surface area contributed by atoms with Crippen LogP contribution in [0.1, 0.15) is 42.5 Å². The number of nitrogens with zero attached hydrogens (tertiary/aromatic N) is 2. The molecule has 0 unspecified atom stereocenters. The molecule has 21 heavy (non-hydrogen) atoms. The van der Waals surface area contributed by atoms with Crippen molar-refractivity contribution in [1.82, 2.24) is 4.98 Å². The maximum absolute atomic E-state index is 7.89. The van der Waals surface area contributed by atoms with Crippen LogP contribution < -0.4 is 10.6 Å². The van der Waals surface area contributed by atoms with Crippen molar-refractivity contribution in [3.05, 3.63) is 22.9 Å². The molecule has 2 heterocycles.